The number of piperazine rings is 1. The summed E-state index contributed by atoms with van der Waals surface area (Å²) in [6.07, 6.45) is 0. The number of hydrogen-bond donors (Lipinski definition) is 1. The fourth-order valence-corrected chi connectivity index (χ4v) is 3.14. The molecule has 1 aromatic rings. The molecular formula is C12H12N2O5S. The first-order valence-corrected chi connectivity index (χ1v) is 7.18. The summed E-state index contributed by atoms with van der Waals surface area (Å²) in [7, 11) is -3.93. The lowest BCUT2D eigenvalue weighted by molar-refractivity contribution is -0.134. The Morgan fingerprint density at radius 1 is 1.10 bits per heavy atom. The Kier molecular flexibility index (Phi) is 3.69. The van der Waals surface area contributed by atoms with E-state index in [0.717, 1.165) is 4.31 Å². The highest BCUT2D eigenvalue weighted by Gasteiger charge is 2.32. The molecule has 106 valence electrons. The van der Waals surface area contributed by atoms with Crippen LogP contribution in [0.25, 0.3) is 0 Å². The van der Waals surface area contributed by atoms with Gasteiger partial charge >= 0.3 is 0 Å². The van der Waals surface area contributed by atoms with Crippen LogP contribution in [0.15, 0.2) is 29.2 Å². The van der Waals surface area contributed by atoms with Crippen LogP contribution in [0.3, 0.4) is 0 Å². The van der Waals surface area contributed by atoms with Crippen molar-refractivity contribution in [3.05, 3.63) is 29.8 Å². The van der Waals surface area contributed by atoms with Gasteiger partial charge in [0.2, 0.25) is 21.8 Å². The van der Waals surface area contributed by atoms with Gasteiger partial charge in [0.05, 0.1) is 18.0 Å². The molecular weight excluding hydrogens is 284 g/mol. The number of amides is 2. The fraction of sp³-hybridized carbons (Fsp3) is 0.250. The number of ketones is 1. The van der Waals surface area contributed by atoms with Crippen molar-refractivity contribution in [2.45, 2.75) is 11.8 Å². The van der Waals surface area contributed by atoms with Crippen LogP contribution in [0, 0.1) is 0 Å². The Bertz CT molecular complexity index is 662. The molecule has 0 saturated carbocycles. The van der Waals surface area contributed by atoms with Crippen molar-refractivity contribution >= 4 is 27.6 Å². The minimum Gasteiger partial charge on any atom is -0.295 e. The maximum absolute atomic E-state index is 12.3. The van der Waals surface area contributed by atoms with Crippen molar-refractivity contribution in [2.75, 3.05) is 13.1 Å². The molecule has 1 fully saturated rings. The molecule has 2 rings (SSSR count). The first kappa shape index (κ1) is 14.4. The Balaban J connectivity index is 2.32. The summed E-state index contributed by atoms with van der Waals surface area (Å²) in [6, 6.07) is 5.34. The third kappa shape index (κ3) is 2.75. The normalized spacial score (nSPS) is 16.9. The molecule has 0 aliphatic carbocycles. The molecule has 1 heterocycles. The molecule has 0 radical (unpaired) electrons. The number of imide groups is 1. The van der Waals surface area contributed by atoms with Crippen LogP contribution < -0.4 is 5.32 Å². The number of nitrogens with zero attached hydrogens (tertiary/aromatic N) is 1. The van der Waals surface area contributed by atoms with Gasteiger partial charge in [-0.1, -0.05) is 12.1 Å². The number of benzene rings is 1. The third-order valence-corrected chi connectivity index (χ3v) is 4.62. The summed E-state index contributed by atoms with van der Waals surface area (Å²) in [6.45, 7) is 0.572. The Hall–Kier alpha value is -2.06. The van der Waals surface area contributed by atoms with Crippen LogP contribution in [-0.4, -0.2) is 43.4 Å². The van der Waals surface area contributed by atoms with E-state index in [2.05, 4.69) is 0 Å². The second-order valence-electron chi connectivity index (χ2n) is 4.33. The predicted molar refractivity (Wildman–Crippen MR) is 68.4 cm³/mol. The van der Waals surface area contributed by atoms with Crippen LogP contribution in [0.5, 0.6) is 0 Å². The zero-order chi connectivity index (χ0) is 14.9. The molecule has 8 heteroatoms. The van der Waals surface area contributed by atoms with Gasteiger partial charge in [-0.3, -0.25) is 19.7 Å². The van der Waals surface area contributed by atoms with Gasteiger partial charge in [0.15, 0.2) is 5.78 Å². The Morgan fingerprint density at radius 3 is 2.05 bits per heavy atom. The molecule has 1 aliphatic rings. The average molecular weight is 296 g/mol. The van der Waals surface area contributed by atoms with Gasteiger partial charge in [-0.25, -0.2) is 8.42 Å². The molecule has 1 saturated heterocycles. The summed E-state index contributed by atoms with van der Waals surface area (Å²) >= 11 is 0. The second-order valence-corrected chi connectivity index (χ2v) is 6.26. The second kappa shape index (κ2) is 5.14. The topological polar surface area (TPSA) is 101 Å². The largest absolute Gasteiger partial charge is 0.295 e. The molecule has 0 unspecified atom stereocenters. The summed E-state index contributed by atoms with van der Waals surface area (Å²) in [5.41, 5.74) is 0.386. The van der Waals surface area contributed by atoms with Crippen molar-refractivity contribution in [2.24, 2.45) is 0 Å². The molecule has 1 N–H and O–H groups in total. The van der Waals surface area contributed by atoms with E-state index in [0.29, 0.717) is 5.56 Å². The van der Waals surface area contributed by atoms with E-state index in [-0.39, 0.29) is 10.7 Å². The zero-order valence-electron chi connectivity index (χ0n) is 10.6. The molecule has 0 bridgehead atoms. The molecule has 1 aromatic carbocycles. The molecule has 7 nitrogen and oxygen atoms in total. The van der Waals surface area contributed by atoms with Crippen LogP contribution in [0.2, 0.25) is 0 Å². The minimum absolute atomic E-state index is 0.0648. The van der Waals surface area contributed by atoms with Crippen LogP contribution >= 0.6 is 0 Å². The quantitative estimate of drug-likeness (QED) is 0.600. The molecule has 0 aromatic heterocycles. The third-order valence-electron chi connectivity index (χ3n) is 2.82. The van der Waals surface area contributed by atoms with Gasteiger partial charge in [0.1, 0.15) is 0 Å². The molecule has 1 aliphatic heterocycles. The maximum Gasteiger partial charge on any atom is 0.244 e. The first-order valence-electron chi connectivity index (χ1n) is 5.74. The number of Topliss-reactive ketones (excluding diaryl/α,β-unsaturated/α-hetero) is 1. The number of hydrogen-bond acceptors (Lipinski definition) is 5. The standard InChI is InChI=1S/C12H12N2O5S/c1-8(15)9-2-4-10(5-3-9)20(18,19)14-6-11(16)13-12(17)7-14/h2-5H,6-7H2,1H3,(H,13,16,17). The smallest absolute Gasteiger partial charge is 0.244 e. The van der Waals surface area contributed by atoms with E-state index in [1.807, 2.05) is 5.32 Å². The van der Waals surface area contributed by atoms with E-state index in [9.17, 15) is 22.8 Å². The van der Waals surface area contributed by atoms with E-state index >= 15 is 0 Å². The van der Waals surface area contributed by atoms with E-state index in [1.54, 1.807) is 0 Å². The lowest BCUT2D eigenvalue weighted by atomic mass is 10.2. The molecule has 2 amide bonds. The van der Waals surface area contributed by atoms with Crippen molar-refractivity contribution < 1.29 is 22.8 Å². The predicted octanol–water partition coefficient (Wildman–Crippen LogP) is -0.464. The number of carbonyl (C=O) groups is 3. The van der Waals surface area contributed by atoms with Gasteiger partial charge in [0, 0.05) is 5.56 Å². The van der Waals surface area contributed by atoms with Gasteiger partial charge in [-0.2, -0.15) is 4.31 Å². The average Bonchev–Trinajstić information content (AvgIpc) is 2.37. The van der Waals surface area contributed by atoms with Crippen LogP contribution in [0.4, 0.5) is 0 Å². The SMILES string of the molecule is CC(=O)c1ccc(S(=O)(=O)N2CC(=O)NC(=O)C2)cc1. The minimum atomic E-state index is -3.93. The van der Waals surface area contributed by atoms with E-state index in [4.69, 9.17) is 0 Å². The van der Waals surface area contributed by atoms with Gasteiger partial charge in [-0.15, -0.1) is 0 Å². The lowest BCUT2D eigenvalue weighted by Gasteiger charge is -2.24. The number of rotatable bonds is 3. The number of nitrogens with one attached hydrogen (secondary N) is 1. The van der Waals surface area contributed by atoms with Gasteiger partial charge in [0.25, 0.3) is 0 Å². The number of sulfonamides is 1. The summed E-state index contributed by atoms with van der Waals surface area (Å²) in [4.78, 5) is 33.5. The monoisotopic (exact) mass is 296 g/mol. The highest BCUT2D eigenvalue weighted by molar-refractivity contribution is 7.89. The van der Waals surface area contributed by atoms with Crippen molar-refractivity contribution in [1.82, 2.24) is 9.62 Å². The van der Waals surface area contributed by atoms with Gasteiger partial charge in [-0.05, 0) is 19.1 Å². The van der Waals surface area contributed by atoms with Crippen LogP contribution in [0.1, 0.15) is 17.3 Å². The van der Waals surface area contributed by atoms with E-state index < -0.39 is 34.9 Å². The lowest BCUT2D eigenvalue weighted by Crippen LogP contribution is -2.53. The Morgan fingerprint density at radius 2 is 1.60 bits per heavy atom. The number of carbonyl (C=O) groups excluding carboxylic acids is 3. The zero-order valence-corrected chi connectivity index (χ0v) is 11.4. The highest BCUT2D eigenvalue weighted by Crippen LogP contribution is 2.17. The van der Waals surface area contributed by atoms with Crippen molar-refractivity contribution in [3.8, 4) is 0 Å². The molecule has 0 spiro atoms. The highest BCUT2D eigenvalue weighted by atomic mass is 32.2. The molecule has 20 heavy (non-hydrogen) atoms. The maximum atomic E-state index is 12.3. The Labute approximate surface area is 115 Å². The first-order chi connectivity index (χ1) is 9.30. The molecule has 0 atom stereocenters. The van der Waals surface area contributed by atoms with Crippen molar-refractivity contribution in [1.29, 1.82) is 0 Å². The fourth-order valence-electron chi connectivity index (χ4n) is 1.79. The van der Waals surface area contributed by atoms with Gasteiger partial charge < -0.3 is 0 Å². The summed E-state index contributed by atoms with van der Waals surface area (Å²) in [5, 5.41) is 2.03. The van der Waals surface area contributed by atoms with Crippen molar-refractivity contribution in [3.63, 3.8) is 0 Å². The van der Waals surface area contributed by atoms with Crippen LogP contribution in [-0.2, 0) is 19.6 Å². The van der Waals surface area contributed by atoms with E-state index in [1.165, 1.54) is 31.2 Å². The summed E-state index contributed by atoms with van der Waals surface area (Å²) < 4.78 is 25.3. The summed E-state index contributed by atoms with van der Waals surface area (Å²) in [5.74, 6) is -1.50.